The summed E-state index contributed by atoms with van der Waals surface area (Å²) in [5.74, 6) is 1.57. The van der Waals surface area contributed by atoms with Gasteiger partial charge in [0.1, 0.15) is 11.9 Å². The number of rotatable bonds is 0. The molecule has 5 aliphatic rings. The molecule has 0 saturated heterocycles. The van der Waals surface area contributed by atoms with Gasteiger partial charge in [-0.15, -0.1) is 0 Å². The molecule has 7 unspecified atom stereocenters. The van der Waals surface area contributed by atoms with E-state index >= 15 is 0 Å². The molecule has 8 atom stereocenters. The highest BCUT2D eigenvalue weighted by molar-refractivity contribution is 6.04. The minimum absolute atomic E-state index is 0.00654. The molecule has 32 heavy (non-hydrogen) atoms. The first-order valence-corrected chi connectivity index (χ1v) is 13.1. The van der Waals surface area contributed by atoms with E-state index in [2.05, 4.69) is 33.8 Å². The summed E-state index contributed by atoms with van der Waals surface area (Å²) in [7, 11) is 0. The lowest BCUT2D eigenvalue weighted by Gasteiger charge is -2.71. The molecule has 5 aliphatic carbocycles. The van der Waals surface area contributed by atoms with Crippen LogP contribution in [0.4, 0.5) is 0 Å². The highest BCUT2D eigenvalue weighted by Gasteiger charge is 2.71. The summed E-state index contributed by atoms with van der Waals surface area (Å²) in [4.78, 5) is 27.2. The third kappa shape index (κ3) is 2.48. The van der Waals surface area contributed by atoms with Crippen molar-refractivity contribution in [1.29, 1.82) is 5.26 Å². The second-order valence-electron chi connectivity index (χ2n) is 13.7. The van der Waals surface area contributed by atoms with Crippen LogP contribution < -0.4 is 0 Å². The van der Waals surface area contributed by atoms with Gasteiger partial charge in [0, 0.05) is 17.8 Å². The second kappa shape index (κ2) is 6.58. The standard InChI is InChI=1S/C29H41NO2/c1-25(2)21-10-12-28(5)22(27(21,4)16-18(17-30)24(25)32)15-20(31)23-19-9-7-8-11-26(19,3)13-14-29(23,28)6/h16,19,21-23H,7-15H2,1-6H3/t19?,21?,22?,23?,26?,27?,28?,29-/m1/s1. The molecule has 3 nitrogen and oxygen atoms in total. The van der Waals surface area contributed by atoms with Gasteiger partial charge in [0.2, 0.25) is 0 Å². The van der Waals surface area contributed by atoms with Crippen molar-refractivity contribution in [1.82, 2.24) is 0 Å². The van der Waals surface area contributed by atoms with Crippen LogP contribution in [0.2, 0.25) is 0 Å². The number of carbonyl (C=O) groups excluding carboxylic acids is 2. The van der Waals surface area contributed by atoms with Gasteiger partial charge in [-0.25, -0.2) is 0 Å². The van der Waals surface area contributed by atoms with Crippen LogP contribution in [0.5, 0.6) is 0 Å². The molecular weight excluding hydrogens is 394 g/mol. The van der Waals surface area contributed by atoms with Gasteiger partial charge in [-0.2, -0.15) is 5.26 Å². The maximum absolute atomic E-state index is 14.1. The van der Waals surface area contributed by atoms with Crippen molar-refractivity contribution >= 4 is 11.6 Å². The summed E-state index contributed by atoms with van der Waals surface area (Å²) in [5, 5.41) is 9.80. The predicted octanol–water partition coefficient (Wildman–Crippen LogP) is 6.67. The number of allylic oxidation sites excluding steroid dienone is 2. The highest BCUT2D eigenvalue weighted by atomic mass is 16.1. The fourth-order valence-electron chi connectivity index (χ4n) is 10.3. The first kappa shape index (κ1) is 22.4. The Kier molecular flexibility index (Phi) is 4.60. The highest BCUT2D eigenvalue weighted by Crippen LogP contribution is 2.75. The third-order valence-electron chi connectivity index (χ3n) is 12.3. The minimum atomic E-state index is -0.550. The Labute approximate surface area is 194 Å². The number of Topliss-reactive ketones (excluding diaryl/α,β-unsaturated/α-hetero) is 2. The first-order valence-electron chi connectivity index (χ1n) is 13.1. The quantitative estimate of drug-likeness (QED) is 0.427. The zero-order valence-corrected chi connectivity index (χ0v) is 21.0. The number of ketones is 2. The van der Waals surface area contributed by atoms with E-state index in [4.69, 9.17) is 0 Å². The molecule has 0 heterocycles. The minimum Gasteiger partial charge on any atom is -0.299 e. The Morgan fingerprint density at radius 3 is 2.28 bits per heavy atom. The summed E-state index contributed by atoms with van der Waals surface area (Å²) >= 11 is 0. The summed E-state index contributed by atoms with van der Waals surface area (Å²) in [5.41, 5.74) is -0.119. The van der Waals surface area contributed by atoms with Crippen LogP contribution >= 0.6 is 0 Å². The predicted molar refractivity (Wildman–Crippen MR) is 125 cm³/mol. The molecule has 0 N–H and O–H groups in total. The van der Waals surface area contributed by atoms with Crippen molar-refractivity contribution in [3.05, 3.63) is 11.6 Å². The van der Waals surface area contributed by atoms with Gasteiger partial charge < -0.3 is 0 Å². The fraction of sp³-hybridized carbons (Fsp3) is 0.828. The van der Waals surface area contributed by atoms with Crippen molar-refractivity contribution in [2.24, 2.45) is 50.7 Å². The molecule has 0 aromatic rings. The van der Waals surface area contributed by atoms with E-state index in [0.717, 1.165) is 19.3 Å². The van der Waals surface area contributed by atoms with Crippen LogP contribution in [-0.2, 0) is 9.59 Å². The molecule has 4 saturated carbocycles. The molecule has 0 aliphatic heterocycles. The van der Waals surface area contributed by atoms with E-state index in [1.807, 2.05) is 19.9 Å². The average Bonchev–Trinajstić information content (AvgIpc) is 2.73. The molecule has 0 aromatic heterocycles. The molecule has 5 rings (SSSR count). The van der Waals surface area contributed by atoms with Gasteiger partial charge in [0.15, 0.2) is 5.78 Å². The van der Waals surface area contributed by atoms with Gasteiger partial charge in [-0.3, -0.25) is 9.59 Å². The molecular formula is C29H41NO2. The summed E-state index contributed by atoms with van der Waals surface area (Å²) in [6, 6.07) is 2.22. The van der Waals surface area contributed by atoms with Gasteiger partial charge in [0.05, 0.1) is 5.57 Å². The van der Waals surface area contributed by atoms with Crippen molar-refractivity contribution in [3.63, 3.8) is 0 Å². The van der Waals surface area contributed by atoms with E-state index in [1.54, 1.807) is 0 Å². The monoisotopic (exact) mass is 435 g/mol. The Balaban J connectivity index is 1.64. The maximum atomic E-state index is 14.1. The largest absolute Gasteiger partial charge is 0.299 e. The van der Waals surface area contributed by atoms with Gasteiger partial charge in [0.25, 0.3) is 0 Å². The van der Waals surface area contributed by atoms with Crippen LogP contribution in [-0.4, -0.2) is 11.6 Å². The SMILES string of the molecule is CC12CCCCC1C1C(=O)CC3C4(C)C=C(C#N)C(=O)C(C)(C)C4CCC3(C)[C@]1(C)CC2. The number of fused-ring (bicyclic) bond motifs is 7. The Morgan fingerprint density at radius 1 is 0.875 bits per heavy atom. The molecule has 0 spiro atoms. The van der Waals surface area contributed by atoms with E-state index < -0.39 is 5.41 Å². The molecule has 0 amide bonds. The lowest BCUT2D eigenvalue weighted by Crippen LogP contribution is -2.68. The van der Waals surface area contributed by atoms with Gasteiger partial charge in [-0.05, 0) is 77.9 Å². The number of nitrogens with zero attached hydrogens (tertiary/aromatic N) is 1. The fourth-order valence-corrected chi connectivity index (χ4v) is 10.3. The van der Waals surface area contributed by atoms with Crippen molar-refractivity contribution < 1.29 is 9.59 Å². The van der Waals surface area contributed by atoms with Gasteiger partial charge >= 0.3 is 0 Å². The maximum Gasteiger partial charge on any atom is 0.178 e. The smallest absolute Gasteiger partial charge is 0.178 e. The molecule has 0 bridgehead atoms. The Bertz CT molecular complexity index is 955. The zero-order valence-electron chi connectivity index (χ0n) is 21.0. The van der Waals surface area contributed by atoms with Crippen molar-refractivity contribution in [2.75, 3.05) is 0 Å². The van der Waals surface area contributed by atoms with E-state index in [0.29, 0.717) is 29.1 Å². The van der Waals surface area contributed by atoms with E-state index in [-0.39, 0.29) is 39.8 Å². The average molecular weight is 436 g/mol. The summed E-state index contributed by atoms with van der Waals surface area (Å²) in [6.07, 6.45) is 12.2. The van der Waals surface area contributed by atoms with Crippen LogP contribution in [0.25, 0.3) is 0 Å². The number of carbonyl (C=O) groups is 2. The molecule has 3 heteroatoms. The summed E-state index contributed by atoms with van der Waals surface area (Å²) < 4.78 is 0. The lowest BCUT2D eigenvalue weighted by molar-refractivity contribution is -0.216. The number of hydrogen-bond acceptors (Lipinski definition) is 3. The topological polar surface area (TPSA) is 57.9 Å². The number of nitriles is 1. The van der Waals surface area contributed by atoms with Crippen LogP contribution in [0.1, 0.15) is 99.3 Å². The van der Waals surface area contributed by atoms with E-state index in [9.17, 15) is 14.9 Å². The second-order valence-corrected chi connectivity index (χ2v) is 13.7. The zero-order chi connectivity index (χ0) is 23.3. The first-order chi connectivity index (χ1) is 14.8. The van der Waals surface area contributed by atoms with Crippen LogP contribution in [0.15, 0.2) is 11.6 Å². The normalized spacial score (nSPS) is 52.0. The van der Waals surface area contributed by atoms with E-state index in [1.165, 1.54) is 32.1 Å². The van der Waals surface area contributed by atoms with Gasteiger partial charge in [-0.1, -0.05) is 60.5 Å². The van der Waals surface area contributed by atoms with Crippen molar-refractivity contribution in [2.45, 2.75) is 99.3 Å². The lowest BCUT2D eigenvalue weighted by atomic mass is 9.32. The Hall–Kier alpha value is -1.43. The van der Waals surface area contributed by atoms with Crippen LogP contribution in [0.3, 0.4) is 0 Å². The number of hydrogen-bond donors (Lipinski definition) is 0. The van der Waals surface area contributed by atoms with Crippen molar-refractivity contribution in [3.8, 4) is 6.07 Å². The summed E-state index contributed by atoms with van der Waals surface area (Å²) in [6.45, 7) is 13.7. The Morgan fingerprint density at radius 2 is 1.59 bits per heavy atom. The third-order valence-corrected chi connectivity index (χ3v) is 12.3. The molecule has 0 radical (unpaired) electrons. The molecule has 0 aromatic carbocycles. The molecule has 174 valence electrons. The molecule has 4 fully saturated rings. The van der Waals surface area contributed by atoms with Crippen LogP contribution in [0, 0.1) is 62.1 Å².